The smallest absolute Gasteiger partial charge is 0.122 e. The number of ether oxygens (including phenoxy) is 2. The summed E-state index contributed by atoms with van der Waals surface area (Å²) in [4.78, 5) is 0. The molecule has 0 aliphatic heterocycles. The number of hydrogen-bond acceptors (Lipinski definition) is 4. The largest absolute Gasteiger partial charge is 0.497 e. The fraction of sp³-hybridized carbons (Fsp3) is 0.357. The number of nitrogens with zero attached hydrogens (tertiary/aromatic N) is 1. The molecule has 2 N–H and O–H groups in total. The summed E-state index contributed by atoms with van der Waals surface area (Å²) in [6, 6.07) is 7.93. The van der Waals surface area contributed by atoms with Crippen LogP contribution in [0.1, 0.15) is 11.3 Å². The van der Waals surface area contributed by atoms with Crippen molar-refractivity contribution < 1.29 is 9.47 Å². The van der Waals surface area contributed by atoms with Crippen molar-refractivity contribution in [2.45, 2.75) is 12.8 Å². The van der Waals surface area contributed by atoms with Crippen molar-refractivity contribution in [3.63, 3.8) is 0 Å². The maximum absolute atomic E-state index is 5.26. The normalized spacial score (nSPS) is 10.3. The van der Waals surface area contributed by atoms with Crippen molar-refractivity contribution in [1.29, 1.82) is 0 Å². The Bertz CT molecular complexity index is 515. The highest BCUT2D eigenvalue weighted by Crippen LogP contribution is 2.23. The lowest BCUT2D eigenvalue weighted by Gasteiger charge is -2.07. The van der Waals surface area contributed by atoms with Gasteiger partial charge in [0, 0.05) is 19.2 Å². The Morgan fingerprint density at radius 3 is 2.26 bits per heavy atom. The van der Waals surface area contributed by atoms with E-state index in [1.165, 1.54) is 5.56 Å². The number of H-pyrrole nitrogens is 1. The van der Waals surface area contributed by atoms with Crippen LogP contribution < -0.4 is 14.8 Å². The SMILES string of the molecule is CNc1cc(CCc2cc(OC)cc(OC)c2)n[nH]1. The second kappa shape index (κ2) is 6.13. The van der Waals surface area contributed by atoms with Gasteiger partial charge >= 0.3 is 0 Å². The van der Waals surface area contributed by atoms with Crippen LogP contribution in [0.25, 0.3) is 0 Å². The molecule has 0 bridgehead atoms. The molecule has 0 aliphatic rings. The first-order chi connectivity index (χ1) is 9.25. The molecule has 2 aromatic rings. The van der Waals surface area contributed by atoms with Gasteiger partial charge in [-0.25, -0.2) is 0 Å². The van der Waals surface area contributed by atoms with E-state index in [4.69, 9.17) is 9.47 Å². The highest BCUT2D eigenvalue weighted by molar-refractivity contribution is 5.39. The average molecular weight is 261 g/mol. The molecule has 5 heteroatoms. The summed E-state index contributed by atoms with van der Waals surface area (Å²) in [5.41, 5.74) is 2.20. The van der Waals surface area contributed by atoms with E-state index in [2.05, 4.69) is 15.5 Å². The molecular weight excluding hydrogens is 242 g/mol. The van der Waals surface area contributed by atoms with Crippen LogP contribution >= 0.6 is 0 Å². The maximum Gasteiger partial charge on any atom is 0.122 e. The minimum absolute atomic E-state index is 0.812. The number of anilines is 1. The van der Waals surface area contributed by atoms with Gasteiger partial charge in [-0.3, -0.25) is 5.10 Å². The van der Waals surface area contributed by atoms with Gasteiger partial charge in [-0.2, -0.15) is 5.10 Å². The summed E-state index contributed by atoms with van der Waals surface area (Å²) in [6.07, 6.45) is 1.76. The van der Waals surface area contributed by atoms with E-state index in [-0.39, 0.29) is 0 Å². The second-order valence-corrected chi connectivity index (χ2v) is 4.24. The Hall–Kier alpha value is -2.17. The Labute approximate surface area is 112 Å². The molecule has 0 unspecified atom stereocenters. The van der Waals surface area contributed by atoms with Gasteiger partial charge in [-0.1, -0.05) is 0 Å². The zero-order valence-corrected chi connectivity index (χ0v) is 11.5. The van der Waals surface area contributed by atoms with Crippen molar-refractivity contribution in [3.05, 3.63) is 35.5 Å². The first-order valence-electron chi connectivity index (χ1n) is 6.19. The molecule has 0 saturated carbocycles. The number of aromatic amines is 1. The Morgan fingerprint density at radius 2 is 1.74 bits per heavy atom. The van der Waals surface area contributed by atoms with Crippen molar-refractivity contribution in [2.75, 3.05) is 26.6 Å². The molecule has 1 aromatic carbocycles. The highest BCUT2D eigenvalue weighted by atomic mass is 16.5. The average Bonchev–Trinajstić information content (AvgIpc) is 2.92. The molecule has 0 saturated heterocycles. The lowest BCUT2D eigenvalue weighted by Crippen LogP contribution is -1.95. The quantitative estimate of drug-likeness (QED) is 0.837. The Kier molecular flexibility index (Phi) is 4.28. The number of rotatable bonds is 6. The predicted molar refractivity (Wildman–Crippen MR) is 75.1 cm³/mol. The van der Waals surface area contributed by atoms with E-state index < -0.39 is 0 Å². The monoisotopic (exact) mass is 261 g/mol. The lowest BCUT2D eigenvalue weighted by molar-refractivity contribution is 0.393. The van der Waals surface area contributed by atoms with Gasteiger partial charge in [0.2, 0.25) is 0 Å². The molecule has 0 aliphatic carbocycles. The molecule has 0 radical (unpaired) electrons. The molecule has 0 atom stereocenters. The van der Waals surface area contributed by atoms with Crippen molar-refractivity contribution >= 4 is 5.82 Å². The number of hydrogen-bond donors (Lipinski definition) is 2. The van der Waals surface area contributed by atoms with E-state index >= 15 is 0 Å². The number of benzene rings is 1. The minimum atomic E-state index is 0.812. The van der Waals surface area contributed by atoms with Crippen molar-refractivity contribution in [2.24, 2.45) is 0 Å². The van der Waals surface area contributed by atoms with Crippen molar-refractivity contribution in [1.82, 2.24) is 10.2 Å². The van der Waals surface area contributed by atoms with Crippen LogP contribution in [0, 0.1) is 0 Å². The summed E-state index contributed by atoms with van der Waals surface area (Å²) in [5, 5.41) is 10.2. The molecule has 2 rings (SSSR count). The number of aryl methyl sites for hydroxylation is 2. The third-order valence-electron chi connectivity index (χ3n) is 2.98. The summed E-state index contributed by atoms with van der Waals surface area (Å²) in [5.74, 6) is 2.55. The van der Waals surface area contributed by atoms with E-state index in [1.807, 2.05) is 31.3 Å². The van der Waals surface area contributed by atoms with Gasteiger partial charge in [0.15, 0.2) is 0 Å². The van der Waals surface area contributed by atoms with Gasteiger partial charge < -0.3 is 14.8 Å². The van der Waals surface area contributed by atoms with E-state index in [0.717, 1.165) is 35.9 Å². The Balaban J connectivity index is 2.05. The van der Waals surface area contributed by atoms with Gasteiger partial charge in [-0.05, 0) is 30.5 Å². The molecule has 19 heavy (non-hydrogen) atoms. The molecule has 5 nitrogen and oxygen atoms in total. The zero-order chi connectivity index (χ0) is 13.7. The van der Waals surface area contributed by atoms with E-state index in [1.54, 1.807) is 14.2 Å². The van der Waals surface area contributed by atoms with Crippen LogP contribution in [0.15, 0.2) is 24.3 Å². The topological polar surface area (TPSA) is 59.2 Å². The summed E-state index contributed by atoms with van der Waals surface area (Å²) in [6.45, 7) is 0. The van der Waals surface area contributed by atoms with Gasteiger partial charge in [0.25, 0.3) is 0 Å². The fourth-order valence-corrected chi connectivity index (χ4v) is 1.90. The van der Waals surface area contributed by atoms with Gasteiger partial charge in [-0.15, -0.1) is 0 Å². The molecule has 0 amide bonds. The van der Waals surface area contributed by atoms with Crippen LogP contribution in [0.4, 0.5) is 5.82 Å². The van der Waals surface area contributed by atoms with Crippen LogP contribution in [0.5, 0.6) is 11.5 Å². The first-order valence-corrected chi connectivity index (χ1v) is 6.19. The summed E-state index contributed by atoms with van der Waals surface area (Å²) < 4.78 is 10.5. The molecule has 1 heterocycles. The van der Waals surface area contributed by atoms with Gasteiger partial charge in [0.05, 0.1) is 19.9 Å². The predicted octanol–water partition coefficient (Wildman–Crippen LogP) is 2.25. The van der Waals surface area contributed by atoms with Crippen molar-refractivity contribution in [3.8, 4) is 11.5 Å². The summed E-state index contributed by atoms with van der Waals surface area (Å²) in [7, 11) is 5.18. The van der Waals surface area contributed by atoms with Gasteiger partial charge in [0.1, 0.15) is 17.3 Å². The molecule has 0 fully saturated rings. The Morgan fingerprint density at radius 1 is 1.05 bits per heavy atom. The second-order valence-electron chi connectivity index (χ2n) is 4.24. The lowest BCUT2D eigenvalue weighted by atomic mass is 10.1. The fourth-order valence-electron chi connectivity index (χ4n) is 1.90. The molecular formula is C14H19N3O2. The number of nitrogens with one attached hydrogen (secondary N) is 2. The van der Waals surface area contributed by atoms with E-state index in [9.17, 15) is 0 Å². The summed E-state index contributed by atoms with van der Waals surface area (Å²) >= 11 is 0. The highest BCUT2D eigenvalue weighted by Gasteiger charge is 2.04. The number of aromatic nitrogens is 2. The number of methoxy groups -OCH3 is 2. The third kappa shape index (κ3) is 3.40. The van der Waals surface area contributed by atoms with Crippen LogP contribution in [0.3, 0.4) is 0 Å². The molecule has 102 valence electrons. The standard InChI is InChI=1S/C14H19N3O2/c1-15-14-8-11(16-17-14)5-4-10-6-12(18-2)9-13(7-10)19-3/h6-9H,4-5H2,1-3H3,(H2,15,16,17). The third-order valence-corrected chi connectivity index (χ3v) is 2.98. The van der Waals surface area contributed by atoms with Crippen LogP contribution in [0.2, 0.25) is 0 Å². The molecule has 1 aromatic heterocycles. The van der Waals surface area contributed by atoms with Crippen LogP contribution in [-0.2, 0) is 12.8 Å². The molecule has 0 spiro atoms. The minimum Gasteiger partial charge on any atom is -0.497 e. The zero-order valence-electron chi connectivity index (χ0n) is 11.5. The first kappa shape index (κ1) is 13.3. The van der Waals surface area contributed by atoms with E-state index in [0.29, 0.717) is 0 Å². The maximum atomic E-state index is 5.26. The van der Waals surface area contributed by atoms with Crippen LogP contribution in [-0.4, -0.2) is 31.5 Å².